The van der Waals surface area contributed by atoms with Crippen molar-refractivity contribution >= 4 is 26.3 Å². The lowest BCUT2D eigenvalue weighted by Crippen LogP contribution is -2.48. The van der Waals surface area contributed by atoms with Crippen LogP contribution < -0.4 is 0 Å². The van der Waals surface area contributed by atoms with E-state index in [0.29, 0.717) is 31.1 Å². The number of sulfonamides is 1. The molecule has 2 aromatic heterocycles. The second kappa shape index (κ2) is 7.26. The van der Waals surface area contributed by atoms with Gasteiger partial charge in [0.1, 0.15) is 0 Å². The largest absolute Gasteiger partial charge is 0.295 e. The van der Waals surface area contributed by atoms with Gasteiger partial charge in [-0.05, 0) is 41.1 Å². The zero-order valence-electron chi connectivity index (χ0n) is 16.0. The average Bonchev–Trinajstić information content (AvgIpc) is 3.16. The monoisotopic (exact) mass is 406 g/mol. The number of hydrogen-bond donors (Lipinski definition) is 0. The molecule has 0 bridgehead atoms. The summed E-state index contributed by atoms with van der Waals surface area (Å²) in [6.07, 6.45) is 1.94. The molecule has 2 aromatic carbocycles. The van der Waals surface area contributed by atoms with Crippen LogP contribution in [0.25, 0.3) is 16.3 Å². The van der Waals surface area contributed by atoms with Gasteiger partial charge in [-0.1, -0.05) is 36.4 Å². The van der Waals surface area contributed by atoms with Crippen LogP contribution in [0.2, 0.25) is 0 Å². The molecule has 0 saturated carbocycles. The Bertz CT molecular complexity index is 1240. The molecule has 1 saturated heterocycles. The quantitative estimate of drug-likeness (QED) is 0.523. The van der Waals surface area contributed by atoms with Crippen molar-refractivity contribution in [1.82, 2.24) is 18.8 Å². The Hall–Kier alpha value is -2.74. The van der Waals surface area contributed by atoms with E-state index in [1.165, 1.54) is 0 Å². The van der Waals surface area contributed by atoms with Crippen molar-refractivity contribution in [2.75, 3.05) is 26.2 Å². The summed E-state index contributed by atoms with van der Waals surface area (Å²) in [6.45, 7) is 3.10. The van der Waals surface area contributed by atoms with Gasteiger partial charge >= 0.3 is 0 Å². The second-order valence-corrected chi connectivity index (χ2v) is 9.33. The van der Waals surface area contributed by atoms with Crippen LogP contribution in [0.15, 0.2) is 77.8 Å². The highest BCUT2D eigenvalue weighted by atomic mass is 32.2. The van der Waals surface area contributed by atoms with Crippen LogP contribution in [-0.4, -0.2) is 53.4 Å². The Kier molecular flexibility index (Phi) is 4.58. The predicted molar refractivity (Wildman–Crippen MR) is 113 cm³/mol. The number of aromatic nitrogens is 2. The van der Waals surface area contributed by atoms with Gasteiger partial charge in [0.25, 0.3) is 0 Å². The predicted octanol–water partition coefficient (Wildman–Crippen LogP) is 2.99. The molecule has 29 heavy (non-hydrogen) atoms. The first kappa shape index (κ1) is 18.3. The second-order valence-electron chi connectivity index (χ2n) is 7.39. The number of nitrogens with zero attached hydrogens (tertiary/aromatic N) is 4. The molecular weight excluding hydrogens is 384 g/mol. The van der Waals surface area contributed by atoms with Crippen LogP contribution in [0, 0.1) is 0 Å². The minimum Gasteiger partial charge on any atom is -0.295 e. The molecule has 0 atom stereocenters. The number of piperazine rings is 1. The van der Waals surface area contributed by atoms with Crippen molar-refractivity contribution in [3.8, 4) is 0 Å². The molecule has 0 N–H and O–H groups in total. The highest BCUT2D eigenvalue weighted by Crippen LogP contribution is 2.23. The molecule has 4 aromatic rings. The molecule has 0 unspecified atom stereocenters. The van der Waals surface area contributed by atoms with E-state index in [0.717, 1.165) is 28.5 Å². The number of hydrogen-bond acceptors (Lipinski definition) is 4. The van der Waals surface area contributed by atoms with Crippen LogP contribution in [0.3, 0.4) is 0 Å². The Morgan fingerprint density at radius 1 is 0.828 bits per heavy atom. The lowest BCUT2D eigenvalue weighted by Gasteiger charge is -2.33. The van der Waals surface area contributed by atoms with Crippen molar-refractivity contribution in [2.24, 2.45) is 0 Å². The Morgan fingerprint density at radius 2 is 1.59 bits per heavy atom. The minimum absolute atomic E-state index is 0.366. The van der Waals surface area contributed by atoms with Crippen molar-refractivity contribution < 1.29 is 8.42 Å². The maximum absolute atomic E-state index is 13.1. The van der Waals surface area contributed by atoms with Crippen LogP contribution in [0.1, 0.15) is 5.69 Å². The molecule has 1 fully saturated rings. The molecule has 1 aliphatic rings. The van der Waals surface area contributed by atoms with E-state index in [1.54, 1.807) is 16.4 Å². The highest BCUT2D eigenvalue weighted by Gasteiger charge is 2.28. The topological polar surface area (TPSA) is 57.9 Å². The molecule has 1 aliphatic heterocycles. The summed E-state index contributed by atoms with van der Waals surface area (Å²) in [5, 5.41) is 6.58. The lowest BCUT2D eigenvalue weighted by molar-refractivity contribution is 0.180. The standard InChI is InChI=1S/C22H22N4O2S/c27-29(28,22-9-8-18-5-1-2-6-19(18)15-22)25-13-11-24(12-14-25)17-20-16-21-7-3-4-10-26(21)23-20/h1-10,15-16H,11-14,17H2. The number of pyridine rings is 1. The fourth-order valence-corrected chi connectivity index (χ4v) is 5.36. The molecule has 0 radical (unpaired) electrons. The third-order valence-corrected chi connectivity index (χ3v) is 7.39. The molecule has 6 nitrogen and oxygen atoms in total. The van der Waals surface area contributed by atoms with Gasteiger partial charge < -0.3 is 0 Å². The van der Waals surface area contributed by atoms with Crippen molar-refractivity contribution in [3.63, 3.8) is 0 Å². The summed E-state index contributed by atoms with van der Waals surface area (Å²) >= 11 is 0. The van der Waals surface area contributed by atoms with Crippen LogP contribution in [0.5, 0.6) is 0 Å². The Morgan fingerprint density at radius 3 is 2.38 bits per heavy atom. The molecule has 148 valence electrons. The Labute approximate surface area is 170 Å². The average molecular weight is 407 g/mol. The van der Waals surface area contributed by atoms with Crippen molar-refractivity contribution in [2.45, 2.75) is 11.4 Å². The van der Waals surface area contributed by atoms with Gasteiger partial charge in [-0.2, -0.15) is 9.40 Å². The van der Waals surface area contributed by atoms with Crippen molar-refractivity contribution in [3.05, 3.63) is 78.6 Å². The van der Waals surface area contributed by atoms with Crippen LogP contribution in [-0.2, 0) is 16.6 Å². The van der Waals surface area contributed by atoms with Gasteiger partial charge in [0.2, 0.25) is 10.0 Å². The van der Waals surface area contributed by atoms with Gasteiger partial charge in [0, 0.05) is 38.9 Å². The van der Waals surface area contributed by atoms with E-state index < -0.39 is 10.0 Å². The zero-order chi connectivity index (χ0) is 19.8. The van der Waals surface area contributed by atoms with Crippen molar-refractivity contribution in [1.29, 1.82) is 0 Å². The van der Waals surface area contributed by atoms with E-state index in [9.17, 15) is 8.42 Å². The van der Waals surface area contributed by atoms with Gasteiger partial charge in [0.05, 0.1) is 16.1 Å². The first-order valence-corrected chi connectivity index (χ1v) is 11.2. The van der Waals surface area contributed by atoms with Gasteiger partial charge in [-0.3, -0.25) is 4.90 Å². The van der Waals surface area contributed by atoms with Crippen LogP contribution in [0.4, 0.5) is 0 Å². The van der Waals surface area contributed by atoms with E-state index in [2.05, 4.69) is 16.1 Å². The highest BCUT2D eigenvalue weighted by molar-refractivity contribution is 7.89. The number of benzene rings is 2. The fraction of sp³-hybridized carbons (Fsp3) is 0.227. The summed E-state index contributed by atoms with van der Waals surface area (Å²) < 4.78 is 29.7. The number of rotatable bonds is 4. The molecule has 0 amide bonds. The summed E-state index contributed by atoms with van der Waals surface area (Å²) in [7, 11) is -3.48. The SMILES string of the molecule is O=S(=O)(c1ccc2ccccc2c1)N1CCN(Cc2cc3ccccn3n2)CC1. The fourth-order valence-electron chi connectivity index (χ4n) is 3.90. The molecule has 0 aliphatic carbocycles. The maximum atomic E-state index is 13.1. The van der Waals surface area contributed by atoms with E-state index >= 15 is 0 Å². The molecule has 0 spiro atoms. The minimum atomic E-state index is -3.48. The summed E-state index contributed by atoms with van der Waals surface area (Å²) in [4.78, 5) is 2.62. The van der Waals surface area contributed by atoms with Gasteiger partial charge in [-0.15, -0.1) is 0 Å². The third-order valence-electron chi connectivity index (χ3n) is 5.50. The van der Waals surface area contributed by atoms with Gasteiger partial charge in [0.15, 0.2) is 0 Å². The molecule has 3 heterocycles. The van der Waals surface area contributed by atoms with E-state index in [-0.39, 0.29) is 0 Å². The molecule has 5 rings (SSSR count). The first-order valence-electron chi connectivity index (χ1n) is 9.74. The van der Waals surface area contributed by atoms with Crippen LogP contribution >= 0.6 is 0 Å². The molecular formula is C22H22N4O2S. The first-order chi connectivity index (χ1) is 14.1. The summed E-state index contributed by atoms with van der Waals surface area (Å²) in [6, 6.07) is 21.2. The molecule has 7 heteroatoms. The normalized spacial score (nSPS) is 16.6. The summed E-state index contributed by atoms with van der Waals surface area (Å²) in [5.41, 5.74) is 2.07. The Balaban J connectivity index is 1.28. The summed E-state index contributed by atoms with van der Waals surface area (Å²) in [5.74, 6) is 0. The lowest BCUT2D eigenvalue weighted by atomic mass is 10.1. The number of fused-ring (bicyclic) bond motifs is 2. The third kappa shape index (κ3) is 3.53. The maximum Gasteiger partial charge on any atom is 0.243 e. The zero-order valence-corrected chi connectivity index (χ0v) is 16.8. The van der Waals surface area contributed by atoms with E-state index in [4.69, 9.17) is 0 Å². The van der Waals surface area contributed by atoms with E-state index in [1.807, 2.05) is 59.2 Å². The van der Waals surface area contributed by atoms with Gasteiger partial charge in [-0.25, -0.2) is 12.9 Å². The smallest absolute Gasteiger partial charge is 0.243 e.